The number of carbonyl (C=O) groups excluding carboxylic acids is 1. The van der Waals surface area contributed by atoms with Crippen molar-refractivity contribution >= 4 is 41.8 Å². The lowest BCUT2D eigenvalue weighted by atomic mass is 10.2. The molecule has 0 fully saturated rings. The van der Waals surface area contributed by atoms with Crippen molar-refractivity contribution in [1.82, 2.24) is 20.2 Å². The van der Waals surface area contributed by atoms with Gasteiger partial charge in [-0.2, -0.15) is 0 Å². The van der Waals surface area contributed by atoms with Gasteiger partial charge in [0, 0.05) is 33.0 Å². The zero-order valence-corrected chi connectivity index (χ0v) is 13.9. The highest BCUT2D eigenvalue weighted by Crippen LogP contribution is 2.11. The summed E-state index contributed by atoms with van der Waals surface area (Å²) < 4.78 is 0. The fraction of sp³-hybridized carbons (Fsp3) is 0.429. The largest absolute Gasteiger partial charge is 0.344 e. The van der Waals surface area contributed by atoms with Crippen LogP contribution >= 0.6 is 24.8 Å². The van der Waals surface area contributed by atoms with Gasteiger partial charge >= 0.3 is 0 Å². The number of halogens is 2. The number of aryl methyl sites for hydroxylation is 1. The minimum Gasteiger partial charge on any atom is -0.344 e. The van der Waals surface area contributed by atoms with Crippen molar-refractivity contribution in [2.75, 3.05) is 27.2 Å². The Bertz CT molecular complexity index is 526. The molecule has 1 aromatic heterocycles. The van der Waals surface area contributed by atoms with Crippen molar-refractivity contribution < 1.29 is 4.79 Å². The number of carbonyl (C=O) groups is 1. The van der Waals surface area contributed by atoms with Crippen LogP contribution in [-0.4, -0.2) is 48.0 Å². The molecule has 0 aliphatic heterocycles. The molecule has 1 amide bonds. The molecular weight excluding hydrogens is 311 g/mol. The number of para-hydroxylation sites is 2. The van der Waals surface area contributed by atoms with Crippen LogP contribution in [0.4, 0.5) is 0 Å². The van der Waals surface area contributed by atoms with E-state index in [2.05, 4.69) is 15.3 Å². The maximum absolute atomic E-state index is 11.9. The molecule has 0 aliphatic carbocycles. The van der Waals surface area contributed by atoms with Crippen LogP contribution in [0.25, 0.3) is 11.0 Å². The molecule has 118 valence electrons. The summed E-state index contributed by atoms with van der Waals surface area (Å²) in [5.74, 6) is 1.02. The van der Waals surface area contributed by atoms with Gasteiger partial charge in [0.15, 0.2) is 0 Å². The molecule has 0 radical (unpaired) electrons. The molecule has 2 rings (SSSR count). The number of hydrogen-bond donors (Lipinski definition) is 2. The second-order valence-electron chi connectivity index (χ2n) is 4.62. The number of aromatic nitrogens is 2. The molecule has 0 unspecified atom stereocenters. The molecule has 2 aromatic rings. The Morgan fingerprint density at radius 1 is 1.33 bits per heavy atom. The van der Waals surface area contributed by atoms with Gasteiger partial charge in [0.2, 0.25) is 5.91 Å². The first kappa shape index (κ1) is 19.7. The minimum atomic E-state index is 0. The van der Waals surface area contributed by atoms with Crippen LogP contribution in [0.5, 0.6) is 0 Å². The zero-order chi connectivity index (χ0) is 13.7. The molecule has 0 saturated carbocycles. The van der Waals surface area contributed by atoms with E-state index < -0.39 is 0 Å². The molecule has 1 aromatic carbocycles. The van der Waals surface area contributed by atoms with E-state index in [1.807, 2.05) is 38.4 Å². The van der Waals surface area contributed by atoms with E-state index in [0.29, 0.717) is 12.8 Å². The van der Waals surface area contributed by atoms with E-state index >= 15 is 0 Å². The van der Waals surface area contributed by atoms with Crippen molar-refractivity contribution in [3.63, 3.8) is 0 Å². The van der Waals surface area contributed by atoms with Crippen molar-refractivity contribution in [3.8, 4) is 0 Å². The number of benzene rings is 1. The fourth-order valence-electron chi connectivity index (χ4n) is 1.94. The molecule has 0 spiro atoms. The normalized spacial score (nSPS) is 9.81. The van der Waals surface area contributed by atoms with E-state index in [9.17, 15) is 4.79 Å². The average molecular weight is 333 g/mol. The third kappa shape index (κ3) is 5.53. The molecule has 0 bridgehead atoms. The summed E-state index contributed by atoms with van der Waals surface area (Å²) in [6.45, 7) is 1.54. The predicted octanol–water partition coefficient (Wildman–Crippen LogP) is 2.02. The van der Waals surface area contributed by atoms with Gasteiger partial charge in [-0.3, -0.25) is 4.79 Å². The Morgan fingerprint density at radius 2 is 2.05 bits per heavy atom. The Hall–Kier alpha value is -1.30. The highest BCUT2D eigenvalue weighted by molar-refractivity contribution is 5.85. The minimum absolute atomic E-state index is 0. The number of hydrogen-bond acceptors (Lipinski definition) is 3. The van der Waals surface area contributed by atoms with E-state index in [1.54, 1.807) is 4.90 Å². The van der Waals surface area contributed by atoms with Gasteiger partial charge in [0.05, 0.1) is 11.0 Å². The third-order valence-corrected chi connectivity index (χ3v) is 3.14. The third-order valence-electron chi connectivity index (χ3n) is 3.14. The van der Waals surface area contributed by atoms with Crippen molar-refractivity contribution in [1.29, 1.82) is 0 Å². The highest BCUT2D eigenvalue weighted by atomic mass is 35.5. The number of rotatable bonds is 6. The van der Waals surface area contributed by atoms with Gasteiger partial charge in [0.1, 0.15) is 5.82 Å². The van der Waals surface area contributed by atoms with Crippen molar-refractivity contribution in [2.24, 2.45) is 0 Å². The number of likely N-dealkylation sites (N-methyl/N-ethyl adjacent to an activating group) is 2. The fourth-order valence-corrected chi connectivity index (χ4v) is 1.94. The number of nitrogens with zero attached hydrogens (tertiary/aromatic N) is 2. The van der Waals surface area contributed by atoms with Gasteiger partial charge in [-0.05, 0) is 19.2 Å². The lowest BCUT2D eigenvalue weighted by molar-refractivity contribution is -0.129. The Kier molecular flexibility index (Phi) is 9.01. The summed E-state index contributed by atoms with van der Waals surface area (Å²) >= 11 is 0. The molecule has 2 N–H and O–H groups in total. The summed E-state index contributed by atoms with van der Waals surface area (Å²) in [5, 5.41) is 3.03. The SMILES string of the molecule is CNCCN(C)C(=O)CCc1nc2ccccc2[nH]1.Cl.Cl. The predicted molar refractivity (Wildman–Crippen MR) is 90.5 cm³/mol. The van der Waals surface area contributed by atoms with E-state index in [1.165, 1.54) is 0 Å². The number of H-pyrrole nitrogens is 1. The highest BCUT2D eigenvalue weighted by Gasteiger charge is 2.10. The second-order valence-corrected chi connectivity index (χ2v) is 4.62. The van der Waals surface area contributed by atoms with Crippen LogP contribution in [0, 0.1) is 0 Å². The molecule has 0 aliphatic rings. The lowest BCUT2D eigenvalue weighted by Gasteiger charge is -2.16. The van der Waals surface area contributed by atoms with Crippen molar-refractivity contribution in [3.05, 3.63) is 30.1 Å². The summed E-state index contributed by atoms with van der Waals surface area (Å²) in [6.07, 6.45) is 1.14. The number of aromatic amines is 1. The smallest absolute Gasteiger partial charge is 0.222 e. The maximum Gasteiger partial charge on any atom is 0.222 e. The van der Waals surface area contributed by atoms with Crippen LogP contribution in [0.3, 0.4) is 0 Å². The number of imidazole rings is 1. The topological polar surface area (TPSA) is 61.0 Å². The monoisotopic (exact) mass is 332 g/mol. The summed E-state index contributed by atoms with van der Waals surface area (Å²) in [7, 11) is 3.71. The second kappa shape index (κ2) is 9.60. The molecule has 21 heavy (non-hydrogen) atoms. The van der Waals surface area contributed by atoms with Crippen LogP contribution in [0.15, 0.2) is 24.3 Å². The summed E-state index contributed by atoms with van der Waals surface area (Å²) in [4.78, 5) is 21.3. The van der Waals surface area contributed by atoms with Crippen LogP contribution < -0.4 is 5.32 Å². The quantitative estimate of drug-likeness (QED) is 0.850. The van der Waals surface area contributed by atoms with Gasteiger partial charge in [-0.1, -0.05) is 12.1 Å². The van der Waals surface area contributed by atoms with Crippen LogP contribution in [-0.2, 0) is 11.2 Å². The standard InChI is InChI=1S/C14H20N4O.2ClH/c1-15-9-10-18(2)14(19)8-7-13-16-11-5-3-4-6-12(11)17-13;;/h3-6,15H,7-10H2,1-2H3,(H,16,17);2*1H. The molecule has 1 heterocycles. The molecule has 0 atom stereocenters. The average Bonchev–Trinajstić information content (AvgIpc) is 2.84. The van der Waals surface area contributed by atoms with Gasteiger partial charge in [-0.25, -0.2) is 4.98 Å². The molecular formula is C14H22Cl2N4O. The number of fused-ring (bicyclic) bond motifs is 1. The Balaban J connectivity index is 0.00000200. The van der Waals surface area contributed by atoms with Gasteiger partial charge in [0.25, 0.3) is 0 Å². The van der Waals surface area contributed by atoms with Crippen LogP contribution in [0.2, 0.25) is 0 Å². The van der Waals surface area contributed by atoms with E-state index in [0.717, 1.165) is 29.9 Å². The first-order valence-corrected chi connectivity index (χ1v) is 6.53. The van der Waals surface area contributed by atoms with Gasteiger partial charge in [-0.15, -0.1) is 24.8 Å². The molecule has 7 heteroatoms. The lowest BCUT2D eigenvalue weighted by Crippen LogP contribution is -2.32. The van der Waals surface area contributed by atoms with Crippen LogP contribution in [0.1, 0.15) is 12.2 Å². The Morgan fingerprint density at radius 3 is 2.71 bits per heavy atom. The number of amides is 1. The molecule has 0 saturated heterocycles. The zero-order valence-electron chi connectivity index (χ0n) is 12.3. The van der Waals surface area contributed by atoms with Gasteiger partial charge < -0.3 is 15.2 Å². The first-order chi connectivity index (χ1) is 9.20. The van der Waals surface area contributed by atoms with E-state index in [-0.39, 0.29) is 30.7 Å². The Labute approximate surface area is 137 Å². The van der Waals surface area contributed by atoms with E-state index in [4.69, 9.17) is 0 Å². The van der Waals surface area contributed by atoms with Crippen molar-refractivity contribution in [2.45, 2.75) is 12.8 Å². The molecule has 5 nitrogen and oxygen atoms in total. The first-order valence-electron chi connectivity index (χ1n) is 6.53. The summed E-state index contributed by atoms with van der Waals surface area (Å²) in [5.41, 5.74) is 1.97. The summed E-state index contributed by atoms with van der Waals surface area (Å²) in [6, 6.07) is 7.90. The maximum atomic E-state index is 11.9. The number of nitrogens with one attached hydrogen (secondary N) is 2.